The number of anilines is 1. The highest BCUT2D eigenvalue weighted by Gasteiger charge is 2.15. The Hall–Kier alpha value is -1.35. The number of benzene rings is 1. The van der Waals surface area contributed by atoms with Gasteiger partial charge in [-0.2, -0.15) is 0 Å². The van der Waals surface area contributed by atoms with Gasteiger partial charge < -0.3 is 11.1 Å². The van der Waals surface area contributed by atoms with Crippen LogP contribution in [-0.2, 0) is 11.2 Å². The van der Waals surface area contributed by atoms with E-state index in [2.05, 4.69) is 31.3 Å². The molecule has 1 aromatic carbocycles. The smallest absolute Gasteiger partial charge is 0.228 e. The quantitative estimate of drug-likeness (QED) is 0.779. The summed E-state index contributed by atoms with van der Waals surface area (Å²) in [7, 11) is 0. The van der Waals surface area contributed by atoms with Crippen LogP contribution in [0.5, 0.6) is 0 Å². The number of rotatable bonds is 7. The van der Waals surface area contributed by atoms with Crippen LogP contribution < -0.4 is 11.1 Å². The summed E-state index contributed by atoms with van der Waals surface area (Å²) in [6.45, 7) is 4.63. The van der Waals surface area contributed by atoms with E-state index in [0.717, 1.165) is 31.4 Å². The molecule has 1 amide bonds. The van der Waals surface area contributed by atoms with Crippen LogP contribution in [0, 0.1) is 5.92 Å². The molecule has 0 aliphatic rings. The third-order valence-corrected chi connectivity index (χ3v) is 3.05. The maximum Gasteiger partial charge on any atom is 0.228 e. The molecule has 3 N–H and O–H groups in total. The van der Waals surface area contributed by atoms with Crippen LogP contribution in [0.4, 0.5) is 5.69 Å². The van der Waals surface area contributed by atoms with E-state index in [1.807, 2.05) is 12.1 Å². The van der Waals surface area contributed by atoms with E-state index in [9.17, 15) is 4.79 Å². The van der Waals surface area contributed by atoms with Crippen molar-refractivity contribution in [1.82, 2.24) is 0 Å². The molecule has 0 fully saturated rings. The van der Waals surface area contributed by atoms with Gasteiger partial charge in [-0.25, -0.2) is 0 Å². The molecule has 0 aromatic heterocycles. The molecule has 1 atom stereocenters. The van der Waals surface area contributed by atoms with Gasteiger partial charge in [0.25, 0.3) is 0 Å². The molecule has 100 valence electrons. The highest BCUT2D eigenvalue weighted by molar-refractivity contribution is 5.92. The number of nitrogens with one attached hydrogen (secondary N) is 1. The van der Waals surface area contributed by atoms with Gasteiger partial charge in [0.05, 0.1) is 5.92 Å². The molecule has 1 unspecified atom stereocenters. The highest BCUT2D eigenvalue weighted by atomic mass is 16.1. The lowest BCUT2D eigenvalue weighted by Crippen LogP contribution is -2.29. The molecule has 0 saturated heterocycles. The van der Waals surface area contributed by atoms with Gasteiger partial charge in [0.1, 0.15) is 0 Å². The molecule has 1 rings (SSSR count). The van der Waals surface area contributed by atoms with Crippen molar-refractivity contribution in [3.05, 3.63) is 29.8 Å². The topological polar surface area (TPSA) is 55.1 Å². The third-order valence-electron chi connectivity index (χ3n) is 3.05. The number of carbonyl (C=O) groups is 1. The van der Waals surface area contributed by atoms with Gasteiger partial charge in [-0.1, -0.05) is 38.8 Å². The molecule has 1 aromatic rings. The van der Waals surface area contributed by atoms with Gasteiger partial charge in [0.15, 0.2) is 0 Å². The Balaban J connectivity index is 2.58. The number of aryl methyl sites for hydroxylation is 1. The minimum Gasteiger partial charge on any atom is -0.330 e. The lowest BCUT2D eigenvalue weighted by atomic mass is 10.0. The third kappa shape index (κ3) is 4.49. The highest BCUT2D eigenvalue weighted by Crippen LogP contribution is 2.13. The fourth-order valence-electron chi connectivity index (χ4n) is 1.99. The molecular formula is C15H24N2O. The Morgan fingerprint density at radius 3 is 2.39 bits per heavy atom. The lowest BCUT2D eigenvalue weighted by Gasteiger charge is -2.14. The van der Waals surface area contributed by atoms with Crippen LogP contribution in [0.2, 0.25) is 0 Å². The minimum absolute atomic E-state index is 0.0302. The van der Waals surface area contributed by atoms with Crippen molar-refractivity contribution in [3.8, 4) is 0 Å². The predicted molar refractivity (Wildman–Crippen MR) is 76.5 cm³/mol. The van der Waals surface area contributed by atoms with E-state index in [0.29, 0.717) is 6.54 Å². The van der Waals surface area contributed by atoms with Crippen molar-refractivity contribution in [2.75, 3.05) is 11.9 Å². The minimum atomic E-state index is -0.0784. The summed E-state index contributed by atoms with van der Waals surface area (Å²) in [6.07, 6.45) is 4.04. The first-order valence-corrected chi connectivity index (χ1v) is 6.81. The maximum atomic E-state index is 12.0. The molecule has 3 nitrogen and oxygen atoms in total. The molecular weight excluding hydrogens is 224 g/mol. The van der Waals surface area contributed by atoms with Crippen molar-refractivity contribution in [2.45, 2.75) is 39.5 Å². The number of carbonyl (C=O) groups excluding carboxylic acids is 1. The molecule has 0 bridgehead atoms. The fraction of sp³-hybridized carbons (Fsp3) is 0.533. The van der Waals surface area contributed by atoms with Gasteiger partial charge >= 0.3 is 0 Å². The van der Waals surface area contributed by atoms with E-state index >= 15 is 0 Å². The molecule has 0 spiro atoms. The summed E-state index contributed by atoms with van der Waals surface area (Å²) in [6, 6.07) is 8.05. The lowest BCUT2D eigenvalue weighted by molar-refractivity contribution is -0.119. The number of nitrogens with two attached hydrogens (primary N) is 1. The molecule has 0 heterocycles. The number of amides is 1. The van der Waals surface area contributed by atoms with Crippen molar-refractivity contribution >= 4 is 11.6 Å². The van der Waals surface area contributed by atoms with E-state index < -0.39 is 0 Å². The molecule has 0 radical (unpaired) electrons. The van der Waals surface area contributed by atoms with Crippen LogP contribution in [-0.4, -0.2) is 12.5 Å². The van der Waals surface area contributed by atoms with E-state index in [1.165, 1.54) is 5.56 Å². The second-order valence-corrected chi connectivity index (χ2v) is 4.66. The first-order chi connectivity index (χ1) is 8.71. The van der Waals surface area contributed by atoms with Gasteiger partial charge in [0, 0.05) is 12.2 Å². The predicted octanol–water partition coefficient (Wildman–Crippen LogP) is 2.95. The Labute approximate surface area is 110 Å². The standard InChI is InChI=1S/C15H24N2O/c1-3-5-12-7-9-14(10-8-12)17-15(18)13(11-16)6-4-2/h7-10,13H,3-6,11,16H2,1-2H3,(H,17,18). The van der Waals surface area contributed by atoms with E-state index in [-0.39, 0.29) is 11.8 Å². The number of hydrogen-bond donors (Lipinski definition) is 2. The fourth-order valence-corrected chi connectivity index (χ4v) is 1.99. The van der Waals surface area contributed by atoms with Gasteiger partial charge in [-0.15, -0.1) is 0 Å². The largest absolute Gasteiger partial charge is 0.330 e. The zero-order valence-corrected chi connectivity index (χ0v) is 11.4. The molecule has 0 saturated carbocycles. The SMILES string of the molecule is CCCc1ccc(NC(=O)C(CN)CCC)cc1. The van der Waals surface area contributed by atoms with E-state index in [4.69, 9.17) is 5.73 Å². The van der Waals surface area contributed by atoms with Crippen molar-refractivity contribution in [3.63, 3.8) is 0 Å². The van der Waals surface area contributed by atoms with Crippen LogP contribution in [0.15, 0.2) is 24.3 Å². The molecule has 0 aliphatic heterocycles. The average Bonchev–Trinajstić information content (AvgIpc) is 2.38. The van der Waals surface area contributed by atoms with Crippen molar-refractivity contribution in [2.24, 2.45) is 11.7 Å². The monoisotopic (exact) mass is 248 g/mol. The van der Waals surface area contributed by atoms with Crippen molar-refractivity contribution in [1.29, 1.82) is 0 Å². The molecule has 0 aliphatic carbocycles. The second kappa shape index (κ2) is 7.88. The van der Waals surface area contributed by atoms with Gasteiger partial charge in [0.2, 0.25) is 5.91 Å². The van der Waals surface area contributed by atoms with Crippen LogP contribution in [0.25, 0.3) is 0 Å². The van der Waals surface area contributed by atoms with E-state index in [1.54, 1.807) is 0 Å². The second-order valence-electron chi connectivity index (χ2n) is 4.66. The summed E-state index contributed by atoms with van der Waals surface area (Å²) in [5.41, 5.74) is 7.78. The summed E-state index contributed by atoms with van der Waals surface area (Å²) in [5, 5.41) is 2.93. The zero-order chi connectivity index (χ0) is 13.4. The summed E-state index contributed by atoms with van der Waals surface area (Å²) < 4.78 is 0. The Morgan fingerprint density at radius 2 is 1.89 bits per heavy atom. The van der Waals surface area contributed by atoms with Crippen LogP contribution in [0.3, 0.4) is 0 Å². The Bertz CT molecular complexity index is 359. The molecule has 3 heteroatoms. The first-order valence-electron chi connectivity index (χ1n) is 6.81. The Morgan fingerprint density at radius 1 is 1.22 bits per heavy atom. The summed E-state index contributed by atoms with van der Waals surface area (Å²) in [4.78, 5) is 12.0. The van der Waals surface area contributed by atoms with Gasteiger partial charge in [-0.3, -0.25) is 4.79 Å². The normalized spacial score (nSPS) is 12.2. The average molecular weight is 248 g/mol. The van der Waals surface area contributed by atoms with Crippen LogP contribution in [0.1, 0.15) is 38.7 Å². The summed E-state index contributed by atoms with van der Waals surface area (Å²) >= 11 is 0. The first kappa shape index (κ1) is 14.7. The number of hydrogen-bond acceptors (Lipinski definition) is 2. The van der Waals surface area contributed by atoms with Crippen LogP contribution >= 0.6 is 0 Å². The maximum absolute atomic E-state index is 12.0. The van der Waals surface area contributed by atoms with Crippen molar-refractivity contribution < 1.29 is 4.79 Å². The van der Waals surface area contributed by atoms with Gasteiger partial charge in [-0.05, 0) is 30.5 Å². The Kier molecular flexibility index (Phi) is 6.44. The summed E-state index contributed by atoms with van der Waals surface area (Å²) in [5.74, 6) is -0.0482. The molecule has 18 heavy (non-hydrogen) atoms. The zero-order valence-electron chi connectivity index (χ0n) is 11.4.